The molecule has 0 bridgehead atoms. The number of carboxylic acid groups (broad SMARTS) is 1. The normalized spacial score (nSPS) is 23.0. The number of ether oxygens (including phenoxy) is 1. The number of likely N-dealkylation sites (tertiary alicyclic amines) is 1. The van der Waals surface area contributed by atoms with Crippen LogP contribution in [0.15, 0.2) is 28.7 Å². The highest BCUT2D eigenvalue weighted by Crippen LogP contribution is 2.36. The van der Waals surface area contributed by atoms with E-state index < -0.39 is 53.5 Å². The molecule has 42 heavy (non-hydrogen) atoms. The number of carboxylic acids is 1. The van der Waals surface area contributed by atoms with Crippen LogP contribution >= 0.6 is 15.9 Å². The largest absolute Gasteiger partial charge is 0.488 e. The topological polar surface area (TPSA) is 154 Å². The first-order chi connectivity index (χ1) is 19.9. The second-order valence-corrected chi connectivity index (χ2v) is 13.0. The van der Waals surface area contributed by atoms with Crippen molar-refractivity contribution >= 4 is 45.5 Å². The van der Waals surface area contributed by atoms with Crippen LogP contribution in [0.3, 0.4) is 0 Å². The average molecular weight is 650 g/mol. The number of halogens is 1. The first kappa shape index (κ1) is 31.8. The third kappa shape index (κ3) is 7.62. The van der Waals surface area contributed by atoms with Gasteiger partial charge in [-0.15, -0.1) is 0 Å². The number of carbonyl (C=O) groups is 5. The highest BCUT2D eigenvalue weighted by molar-refractivity contribution is 9.10. The van der Waals surface area contributed by atoms with Gasteiger partial charge >= 0.3 is 5.97 Å². The van der Waals surface area contributed by atoms with Crippen molar-refractivity contribution in [2.24, 2.45) is 11.8 Å². The lowest BCUT2D eigenvalue weighted by Crippen LogP contribution is -2.60. The minimum atomic E-state index is -1.31. The monoisotopic (exact) mass is 648 g/mol. The third-order valence-corrected chi connectivity index (χ3v) is 9.01. The molecule has 1 saturated heterocycles. The van der Waals surface area contributed by atoms with Gasteiger partial charge in [-0.1, -0.05) is 49.0 Å². The fraction of sp³-hybridized carbons (Fsp3) is 0.633. The van der Waals surface area contributed by atoms with Gasteiger partial charge in [-0.3, -0.25) is 19.2 Å². The summed E-state index contributed by atoms with van der Waals surface area (Å²) in [5.41, 5.74) is -1.31. The molecule has 0 radical (unpaired) electrons. The van der Waals surface area contributed by atoms with Gasteiger partial charge in [0.1, 0.15) is 35.5 Å². The van der Waals surface area contributed by atoms with E-state index in [0.717, 1.165) is 36.6 Å². The van der Waals surface area contributed by atoms with Gasteiger partial charge in [0.05, 0.1) is 6.54 Å². The maximum Gasteiger partial charge on any atom is 0.329 e. The molecule has 0 unspecified atom stereocenters. The lowest BCUT2D eigenvalue weighted by molar-refractivity contribution is -0.146. The summed E-state index contributed by atoms with van der Waals surface area (Å²) in [5, 5.41) is 17.9. The fourth-order valence-electron chi connectivity index (χ4n) is 5.94. The van der Waals surface area contributed by atoms with Crippen molar-refractivity contribution in [3.63, 3.8) is 0 Å². The molecule has 4 amide bonds. The molecule has 3 fully saturated rings. The number of benzene rings is 1. The first-order valence-corrected chi connectivity index (χ1v) is 15.5. The predicted molar refractivity (Wildman–Crippen MR) is 157 cm³/mol. The van der Waals surface area contributed by atoms with Crippen LogP contribution in [0, 0.1) is 11.8 Å². The van der Waals surface area contributed by atoms with Gasteiger partial charge in [-0.05, 0) is 61.8 Å². The molecule has 4 rings (SSSR count). The van der Waals surface area contributed by atoms with Crippen molar-refractivity contribution in [1.82, 2.24) is 20.9 Å². The fourth-order valence-corrected chi connectivity index (χ4v) is 6.20. The Morgan fingerprint density at radius 3 is 2.21 bits per heavy atom. The van der Waals surface area contributed by atoms with E-state index in [1.54, 1.807) is 26.0 Å². The highest BCUT2D eigenvalue weighted by atomic mass is 79.9. The summed E-state index contributed by atoms with van der Waals surface area (Å²) >= 11 is 3.39. The Hall–Kier alpha value is -3.15. The van der Waals surface area contributed by atoms with Crippen molar-refractivity contribution in [1.29, 1.82) is 0 Å². The molecule has 0 aromatic heterocycles. The van der Waals surface area contributed by atoms with Crippen molar-refractivity contribution in [2.75, 3.05) is 6.54 Å². The lowest BCUT2D eigenvalue weighted by Gasteiger charge is -2.34. The van der Waals surface area contributed by atoms with E-state index in [9.17, 15) is 29.1 Å². The summed E-state index contributed by atoms with van der Waals surface area (Å²) in [4.78, 5) is 66.2. The average Bonchev–Trinajstić information content (AvgIpc) is 3.61. The van der Waals surface area contributed by atoms with E-state index in [0.29, 0.717) is 18.6 Å². The van der Waals surface area contributed by atoms with Gasteiger partial charge in [-0.25, -0.2) is 4.79 Å². The standard InChI is InChI=1S/C30H41BrN4O7/c1-17(2)24(33-27(38)25(32-18(3)36)19-7-5-4-6-8-19)28(39)35-16-22(42-21-11-9-20(31)10-12-21)15-23(35)26(37)34-30(13-14-30)29(40)41/h9-12,17,19,22-25H,4-8,13-16H2,1-3H3,(H,32,36)(H,33,38)(H,34,37)(H,40,41)/t22-,23+,24+,25+/m1/s1. The Kier molecular flexibility index (Phi) is 10.2. The summed E-state index contributed by atoms with van der Waals surface area (Å²) in [7, 11) is 0. The van der Waals surface area contributed by atoms with Crippen LogP contribution in [-0.2, 0) is 24.0 Å². The molecule has 2 aliphatic carbocycles. The zero-order chi connectivity index (χ0) is 30.6. The van der Waals surface area contributed by atoms with E-state index in [2.05, 4.69) is 31.9 Å². The van der Waals surface area contributed by atoms with E-state index in [-0.39, 0.29) is 30.7 Å². The van der Waals surface area contributed by atoms with Crippen LogP contribution in [0.1, 0.15) is 72.1 Å². The number of nitrogens with one attached hydrogen (secondary N) is 3. The number of nitrogens with zero attached hydrogens (tertiary/aromatic N) is 1. The number of aliphatic carboxylic acids is 1. The molecule has 2 saturated carbocycles. The Balaban J connectivity index is 1.54. The molecule has 1 aromatic carbocycles. The Morgan fingerprint density at radius 1 is 1.02 bits per heavy atom. The van der Waals surface area contributed by atoms with Gasteiger partial charge in [0.2, 0.25) is 23.6 Å². The zero-order valence-electron chi connectivity index (χ0n) is 24.4. The summed E-state index contributed by atoms with van der Waals surface area (Å²) < 4.78 is 7.00. The van der Waals surface area contributed by atoms with Crippen LogP contribution in [0.5, 0.6) is 5.75 Å². The maximum absolute atomic E-state index is 14.1. The van der Waals surface area contributed by atoms with Gasteiger partial charge in [0.25, 0.3) is 0 Å². The van der Waals surface area contributed by atoms with Crippen molar-refractivity contribution < 1.29 is 33.8 Å². The van der Waals surface area contributed by atoms with Crippen LogP contribution < -0.4 is 20.7 Å². The Bertz CT molecular complexity index is 1180. The van der Waals surface area contributed by atoms with Crippen LogP contribution in [0.4, 0.5) is 0 Å². The van der Waals surface area contributed by atoms with Gasteiger partial charge in [0, 0.05) is 17.8 Å². The van der Waals surface area contributed by atoms with E-state index in [1.165, 1.54) is 11.8 Å². The zero-order valence-corrected chi connectivity index (χ0v) is 25.9. The summed E-state index contributed by atoms with van der Waals surface area (Å²) in [6, 6.07) is 4.50. The summed E-state index contributed by atoms with van der Waals surface area (Å²) in [5.74, 6) is -2.63. The predicted octanol–water partition coefficient (Wildman–Crippen LogP) is 2.76. The Morgan fingerprint density at radius 2 is 1.67 bits per heavy atom. The Labute approximate surface area is 254 Å². The van der Waals surface area contributed by atoms with Crippen LogP contribution in [0.2, 0.25) is 0 Å². The third-order valence-electron chi connectivity index (χ3n) is 8.48. The number of rotatable bonds is 11. The SMILES string of the molecule is CC(=O)N[C@H](C(=O)N[C@H](C(=O)N1C[C@H](Oc2ccc(Br)cc2)C[C@H]1C(=O)NC1(C(=O)O)CC1)C(C)C)C1CCCCC1. The number of hydrogen-bond donors (Lipinski definition) is 4. The highest BCUT2D eigenvalue weighted by Gasteiger charge is 2.54. The molecule has 230 valence electrons. The van der Waals surface area contributed by atoms with E-state index >= 15 is 0 Å². The second kappa shape index (κ2) is 13.4. The molecule has 1 heterocycles. The molecule has 1 aliphatic heterocycles. The van der Waals surface area contributed by atoms with Crippen molar-refractivity contribution in [2.45, 2.75) is 102 Å². The molecule has 4 atom stereocenters. The van der Waals surface area contributed by atoms with Crippen molar-refractivity contribution in [3.05, 3.63) is 28.7 Å². The quantitative estimate of drug-likeness (QED) is 0.288. The van der Waals surface area contributed by atoms with Gasteiger partial charge in [0.15, 0.2) is 0 Å². The molecule has 0 spiro atoms. The minimum absolute atomic E-state index is 0.0229. The first-order valence-electron chi connectivity index (χ1n) is 14.8. The smallest absolute Gasteiger partial charge is 0.329 e. The second-order valence-electron chi connectivity index (χ2n) is 12.1. The number of carbonyl (C=O) groups excluding carboxylic acids is 4. The molecule has 1 aromatic rings. The molecule has 11 nitrogen and oxygen atoms in total. The van der Waals surface area contributed by atoms with E-state index in [4.69, 9.17) is 4.74 Å². The minimum Gasteiger partial charge on any atom is -0.488 e. The summed E-state index contributed by atoms with van der Waals surface area (Å²) in [6.45, 7) is 5.07. The van der Waals surface area contributed by atoms with Crippen LogP contribution in [-0.4, -0.2) is 75.9 Å². The maximum atomic E-state index is 14.1. The molecule has 3 aliphatic rings. The molecule has 12 heteroatoms. The molecule has 4 N–H and O–H groups in total. The summed E-state index contributed by atoms with van der Waals surface area (Å²) in [6.07, 6.45) is 4.95. The van der Waals surface area contributed by atoms with Crippen LogP contribution in [0.25, 0.3) is 0 Å². The van der Waals surface area contributed by atoms with Gasteiger partial charge < -0.3 is 30.7 Å². The number of amides is 4. The van der Waals surface area contributed by atoms with Gasteiger partial charge in [-0.2, -0.15) is 0 Å². The lowest BCUT2D eigenvalue weighted by atomic mass is 9.83. The molecular formula is C30H41BrN4O7. The van der Waals surface area contributed by atoms with E-state index in [1.807, 2.05) is 12.1 Å². The number of hydrogen-bond acceptors (Lipinski definition) is 6. The van der Waals surface area contributed by atoms with Crippen molar-refractivity contribution in [3.8, 4) is 5.75 Å². The molecular weight excluding hydrogens is 608 g/mol.